The molecule has 3 fully saturated rings. The lowest BCUT2D eigenvalue weighted by Gasteiger charge is -2.38. The van der Waals surface area contributed by atoms with Gasteiger partial charge in [0.25, 0.3) is 10.2 Å². The Labute approximate surface area is 169 Å². The Morgan fingerprint density at radius 2 is 1.57 bits per heavy atom. The zero-order chi connectivity index (χ0) is 19.4. The minimum Gasteiger partial charge on any atom is -0.468 e. The number of hydrogen-bond donors (Lipinski definition) is 0. The number of rotatable bonds is 5. The van der Waals surface area contributed by atoms with Crippen molar-refractivity contribution in [1.82, 2.24) is 18.4 Å². The van der Waals surface area contributed by atoms with Gasteiger partial charge in [-0.15, -0.1) is 0 Å². The van der Waals surface area contributed by atoms with Crippen molar-refractivity contribution in [1.29, 1.82) is 0 Å². The highest BCUT2D eigenvalue weighted by Crippen LogP contribution is 2.22. The quantitative estimate of drug-likeness (QED) is 0.743. The van der Waals surface area contributed by atoms with E-state index in [1.165, 1.54) is 0 Å². The van der Waals surface area contributed by atoms with Crippen LogP contribution in [0.1, 0.15) is 44.3 Å². The van der Waals surface area contributed by atoms with Gasteiger partial charge >= 0.3 is 0 Å². The fourth-order valence-corrected chi connectivity index (χ4v) is 6.55. The summed E-state index contributed by atoms with van der Waals surface area (Å²) < 4.78 is 34.9. The van der Waals surface area contributed by atoms with Crippen LogP contribution in [0.25, 0.3) is 0 Å². The van der Waals surface area contributed by atoms with Crippen LogP contribution >= 0.6 is 0 Å². The van der Waals surface area contributed by atoms with Crippen molar-refractivity contribution in [2.75, 3.05) is 52.4 Å². The van der Waals surface area contributed by atoms with E-state index in [0.717, 1.165) is 77.0 Å². The van der Waals surface area contributed by atoms with Crippen LogP contribution in [-0.4, -0.2) is 85.2 Å². The van der Waals surface area contributed by atoms with Gasteiger partial charge in [-0.05, 0) is 50.8 Å². The zero-order valence-corrected chi connectivity index (χ0v) is 17.7. The van der Waals surface area contributed by atoms with E-state index in [-0.39, 0.29) is 0 Å². The minimum absolute atomic E-state index is 0.575. The van der Waals surface area contributed by atoms with Crippen LogP contribution in [0, 0.1) is 0 Å². The SMILES string of the molecule is O=S(=O)(N1CCCCC1)N1CCCN(C2CCN(Cc3ccco3)CC2)CC1. The van der Waals surface area contributed by atoms with E-state index in [1.807, 2.05) is 12.1 Å². The van der Waals surface area contributed by atoms with Crippen LogP contribution in [0.4, 0.5) is 0 Å². The van der Waals surface area contributed by atoms with Crippen molar-refractivity contribution in [3.8, 4) is 0 Å². The fourth-order valence-electron chi connectivity index (χ4n) is 4.83. The summed E-state index contributed by atoms with van der Waals surface area (Å²) in [6.07, 6.45) is 8.12. The summed E-state index contributed by atoms with van der Waals surface area (Å²) in [7, 11) is -3.28. The molecule has 0 aliphatic carbocycles. The Morgan fingerprint density at radius 3 is 2.29 bits per heavy atom. The van der Waals surface area contributed by atoms with Crippen molar-refractivity contribution in [2.24, 2.45) is 0 Å². The van der Waals surface area contributed by atoms with E-state index in [4.69, 9.17) is 4.42 Å². The topological polar surface area (TPSA) is 60.2 Å². The first kappa shape index (κ1) is 20.3. The molecule has 3 aliphatic heterocycles. The van der Waals surface area contributed by atoms with E-state index < -0.39 is 10.2 Å². The van der Waals surface area contributed by atoms with Gasteiger partial charge in [-0.25, -0.2) is 0 Å². The predicted octanol–water partition coefficient (Wildman–Crippen LogP) is 1.98. The molecular formula is C20H34N4O3S. The third kappa shape index (κ3) is 4.79. The van der Waals surface area contributed by atoms with Crippen molar-refractivity contribution < 1.29 is 12.8 Å². The van der Waals surface area contributed by atoms with E-state index >= 15 is 0 Å². The molecule has 1 aromatic rings. The molecule has 8 heteroatoms. The second-order valence-corrected chi connectivity index (χ2v) is 10.3. The maximum Gasteiger partial charge on any atom is 0.282 e. The average Bonchev–Trinajstić information content (AvgIpc) is 3.10. The molecule has 1 aromatic heterocycles. The third-order valence-corrected chi connectivity index (χ3v) is 8.53. The van der Waals surface area contributed by atoms with E-state index in [0.29, 0.717) is 32.2 Å². The number of piperidine rings is 2. The highest BCUT2D eigenvalue weighted by Gasteiger charge is 2.33. The van der Waals surface area contributed by atoms with Gasteiger partial charge in [-0.1, -0.05) is 6.42 Å². The molecule has 158 valence electrons. The normalized spacial score (nSPS) is 25.7. The molecule has 0 unspecified atom stereocenters. The Morgan fingerprint density at radius 1 is 0.857 bits per heavy atom. The maximum atomic E-state index is 13.0. The van der Waals surface area contributed by atoms with Gasteiger partial charge in [0.2, 0.25) is 0 Å². The first-order chi connectivity index (χ1) is 13.6. The van der Waals surface area contributed by atoms with Crippen LogP contribution in [0.2, 0.25) is 0 Å². The molecule has 0 aromatic carbocycles. The molecule has 3 saturated heterocycles. The first-order valence-corrected chi connectivity index (χ1v) is 12.3. The van der Waals surface area contributed by atoms with Crippen LogP contribution in [0.3, 0.4) is 0 Å². The summed E-state index contributed by atoms with van der Waals surface area (Å²) in [5.41, 5.74) is 0. The lowest BCUT2D eigenvalue weighted by molar-refractivity contribution is 0.104. The third-order valence-electron chi connectivity index (χ3n) is 6.49. The van der Waals surface area contributed by atoms with Gasteiger partial charge in [-0.3, -0.25) is 9.80 Å². The summed E-state index contributed by atoms with van der Waals surface area (Å²) in [6.45, 7) is 7.59. The Kier molecular flexibility index (Phi) is 6.73. The summed E-state index contributed by atoms with van der Waals surface area (Å²) in [5, 5.41) is 0. The first-order valence-electron chi connectivity index (χ1n) is 10.9. The van der Waals surface area contributed by atoms with Crippen molar-refractivity contribution >= 4 is 10.2 Å². The molecule has 0 atom stereocenters. The molecule has 0 bridgehead atoms. The number of nitrogens with zero attached hydrogens (tertiary/aromatic N) is 4. The van der Waals surface area contributed by atoms with Crippen LogP contribution in [-0.2, 0) is 16.8 Å². The van der Waals surface area contributed by atoms with Gasteiger partial charge in [-0.2, -0.15) is 17.0 Å². The molecule has 4 rings (SSSR count). The largest absolute Gasteiger partial charge is 0.468 e. The van der Waals surface area contributed by atoms with Crippen molar-refractivity contribution in [2.45, 2.75) is 51.1 Å². The van der Waals surface area contributed by atoms with Crippen LogP contribution < -0.4 is 0 Å². The molecule has 28 heavy (non-hydrogen) atoms. The van der Waals surface area contributed by atoms with Gasteiger partial charge in [0, 0.05) is 51.9 Å². The Bertz CT molecular complexity index is 695. The van der Waals surface area contributed by atoms with E-state index in [2.05, 4.69) is 9.80 Å². The molecule has 3 aliphatic rings. The van der Waals surface area contributed by atoms with Gasteiger partial charge in [0.05, 0.1) is 12.8 Å². The van der Waals surface area contributed by atoms with Crippen molar-refractivity contribution in [3.05, 3.63) is 24.2 Å². The highest BCUT2D eigenvalue weighted by atomic mass is 32.2. The van der Waals surface area contributed by atoms with Gasteiger partial charge in [0.15, 0.2) is 0 Å². The Hall–Kier alpha value is -0.930. The van der Waals surface area contributed by atoms with E-state index in [1.54, 1.807) is 14.9 Å². The number of furan rings is 1. The predicted molar refractivity (Wildman–Crippen MR) is 109 cm³/mol. The van der Waals surface area contributed by atoms with Gasteiger partial charge < -0.3 is 4.42 Å². The molecule has 0 saturated carbocycles. The standard InChI is InChI=1S/C20H34N4O3S/c25-28(26,23-10-2-1-3-11-23)24-12-5-9-22(15-16-24)19-7-13-21(14-8-19)18-20-6-4-17-27-20/h4,6,17,19H,1-3,5,7-16,18H2. The fraction of sp³-hybridized carbons (Fsp3) is 0.800. The molecule has 7 nitrogen and oxygen atoms in total. The number of likely N-dealkylation sites (tertiary alicyclic amines) is 1. The second kappa shape index (κ2) is 9.26. The molecule has 0 N–H and O–H groups in total. The summed E-state index contributed by atoms with van der Waals surface area (Å²) >= 11 is 0. The van der Waals surface area contributed by atoms with Crippen LogP contribution in [0.5, 0.6) is 0 Å². The zero-order valence-electron chi connectivity index (χ0n) is 16.8. The average molecular weight is 411 g/mol. The molecule has 0 spiro atoms. The second-order valence-electron chi connectivity index (χ2n) is 8.34. The highest BCUT2D eigenvalue weighted by molar-refractivity contribution is 7.86. The lowest BCUT2D eigenvalue weighted by atomic mass is 10.0. The minimum atomic E-state index is -3.28. The van der Waals surface area contributed by atoms with Crippen molar-refractivity contribution in [3.63, 3.8) is 0 Å². The van der Waals surface area contributed by atoms with Gasteiger partial charge in [0.1, 0.15) is 5.76 Å². The summed E-state index contributed by atoms with van der Waals surface area (Å²) in [4.78, 5) is 5.00. The molecule has 4 heterocycles. The summed E-state index contributed by atoms with van der Waals surface area (Å²) in [6, 6.07) is 4.56. The number of hydrogen-bond acceptors (Lipinski definition) is 5. The summed E-state index contributed by atoms with van der Waals surface area (Å²) in [5.74, 6) is 1.03. The maximum absolute atomic E-state index is 13.0. The van der Waals surface area contributed by atoms with E-state index in [9.17, 15) is 8.42 Å². The van der Waals surface area contributed by atoms with Crippen LogP contribution in [0.15, 0.2) is 22.8 Å². The monoisotopic (exact) mass is 410 g/mol. The molecule has 0 radical (unpaired) electrons. The smallest absolute Gasteiger partial charge is 0.282 e. The Balaban J connectivity index is 1.27. The molecular weight excluding hydrogens is 376 g/mol. The lowest BCUT2D eigenvalue weighted by Crippen LogP contribution is -2.48. The molecule has 0 amide bonds.